The fraction of sp³-hybridized carbons (Fsp3) is 0.476. The third-order valence-corrected chi connectivity index (χ3v) is 5.66. The summed E-state index contributed by atoms with van der Waals surface area (Å²) >= 11 is 1.83. The zero-order valence-electron chi connectivity index (χ0n) is 16.7. The maximum absolute atomic E-state index is 5.48. The summed E-state index contributed by atoms with van der Waals surface area (Å²) in [5.41, 5.74) is 2.57. The Bertz CT molecular complexity index is 717. The molecule has 0 aliphatic carbocycles. The van der Waals surface area contributed by atoms with Crippen molar-refractivity contribution >= 4 is 47.0 Å². The molecule has 7 heteroatoms. The second kappa shape index (κ2) is 12.3. The average Bonchev–Trinajstić information content (AvgIpc) is 3.22. The van der Waals surface area contributed by atoms with E-state index >= 15 is 0 Å². The van der Waals surface area contributed by atoms with Crippen LogP contribution in [-0.2, 0) is 17.7 Å². The van der Waals surface area contributed by atoms with Gasteiger partial charge in [0.15, 0.2) is 5.96 Å². The Hall–Kier alpha value is -1.32. The summed E-state index contributed by atoms with van der Waals surface area (Å²) in [7, 11) is 1.83. The number of nitrogens with zero attached hydrogens (tertiary/aromatic N) is 2. The number of nitrogens with one attached hydrogen (secondary N) is 2. The van der Waals surface area contributed by atoms with Crippen LogP contribution in [0.1, 0.15) is 17.4 Å². The normalized spacial score (nSPS) is 15.6. The van der Waals surface area contributed by atoms with Gasteiger partial charge in [0.2, 0.25) is 0 Å². The van der Waals surface area contributed by atoms with Gasteiger partial charge in [-0.2, -0.15) is 0 Å². The lowest BCUT2D eigenvalue weighted by Gasteiger charge is -2.30. The molecule has 0 saturated carbocycles. The molecule has 154 valence electrons. The average molecular weight is 514 g/mol. The molecule has 1 saturated heterocycles. The fourth-order valence-electron chi connectivity index (χ4n) is 3.29. The highest BCUT2D eigenvalue weighted by molar-refractivity contribution is 14.0. The number of ether oxygens (including phenoxy) is 1. The number of anilines is 1. The first-order valence-electron chi connectivity index (χ1n) is 9.63. The van der Waals surface area contributed by atoms with E-state index in [2.05, 4.69) is 69.2 Å². The van der Waals surface area contributed by atoms with Crippen LogP contribution in [0.5, 0.6) is 0 Å². The monoisotopic (exact) mass is 514 g/mol. The van der Waals surface area contributed by atoms with Crippen molar-refractivity contribution in [2.45, 2.75) is 19.9 Å². The summed E-state index contributed by atoms with van der Waals surface area (Å²) in [5, 5.41) is 9.06. The lowest BCUT2D eigenvalue weighted by Crippen LogP contribution is -2.40. The molecule has 1 unspecified atom stereocenters. The topological polar surface area (TPSA) is 48.9 Å². The molecule has 2 heterocycles. The molecule has 0 amide bonds. The highest BCUT2D eigenvalue weighted by atomic mass is 127. The first kappa shape index (κ1) is 23.0. The van der Waals surface area contributed by atoms with Crippen LogP contribution in [0.3, 0.4) is 0 Å². The molecule has 2 aromatic rings. The Morgan fingerprint density at radius 1 is 1.18 bits per heavy atom. The lowest BCUT2D eigenvalue weighted by atomic mass is 10.1. The predicted octanol–water partition coefficient (Wildman–Crippen LogP) is 3.75. The third kappa shape index (κ3) is 6.93. The van der Waals surface area contributed by atoms with Crippen LogP contribution in [0.2, 0.25) is 0 Å². The third-order valence-electron chi connectivity index (χ3n) is 4.76. The lowest BCUT2D eigenvalue weighted by molar-refractivity contribution is 0.122. The second-order valence-corrected chi connectivity index (χ2v) is 7.96. The van der Waals surface area contributed by atoms with Crippen molar-refractivity contribution < 1.29 is 4.74 Å². The van der Waals surface area contributed by atoms with Gasteiger partial charge in [0.1, 0.15) is 0 Å². The van der Waals surface area contributed by atoms with Gasteiger partial charge in [-0.1, -0.05) is 31.2 Å². The van der Waals surface area contributed by atoms with Gasteiger partial charge in [-0.05, 0) is 35.4 Å². The molecule has 1 aromatic carbocycles. The minimum Gasteiger partial charge on any atom is -0.378 e. The van der Waals surface area contributed by atoms with Crippen LogP contribution in [0.4, 0.5) is 5.69 Å². The van der Waals surface area contributed by atoms with Crippen molar-refractivity contribution in [3.63, 3.8) is 0 Å². The van der Waals surface area contributed by atoms with Gasteiger partial charge in [-0.25, -0.2) is 0 Å². The Balaban J connectivity index is 0.00000280. The number of rotatable bonds is 7. The number of thiophene rings is 1. The van der Waals surface area contributed by atoms with Gasteiger partial charge in [0.05, 0.1) is 13.2 Å². The minimum absolute atomic E-state index is 0. The molecule has 1 fully saturated rings. The van der Waals surface area contributed by atoms with Gasteiger partial charge in [-0.15, -0.1) is 35.3 Å². The first-order valence-corrected chi connectivity index (χ1v) is 10.5. The molecule has 5 nitrogen and oxygen atoms in total. The van der Waals surface area contributed by atoms with Crippen molar-refractivity contribution in [2.24, 2.45) is 10.9 Å². The van der Waals surface area contributed by atoms with Crippen molar-refractivity contribution in [1.29, 1.82) is 0 Å². The molecule has 3 rings (SSSR count). The van der Waals surface area contributed by atoms with Crippen LogP contribution < -0.4 is 15.5 Å². The second-order valence-electron chi connectivity index (χ2n) is 6.92. The van der Waals surface area contributed by atoms with Gasteiger partial charge in [0.25, 0.3) is 0 Å². The maximum atomic E-state index is 5.48. The molecule has 1 aromatic heterocycles. The summed E-state index contributed by atoms with van der Waals surface area (Å²) in [4.78, 5) is 8.22. The standard InChI is InChI=1S/C21H30N4OS.HI/c1-17(14-19-7-5-13-27-19)15-23-21(22-2)24-16-18-6-3-4-8-20(18)25-9-11-26-12-10-25;/h3-8,13,17H,9-12,14-16H2,1-2H3,(H2,22,23,24);1H. The number of aliphatic imine (C=N–C) groups is 1. The fourth-order valence-corrected chi connectivity index (χ4v) is 4.16. The van der Waals surface area contributed by atoms with Crippen LogP contribution in [0.15, 0.2) is 46.8 Å². The van der Waals surface area contributed by atoms with Crippen LogP contribution in [0.25, 0.3) is 0 Å². The van der Waals surface area contributed by atoms with Crippen molar-refractivity contribution in [2.75, 3.05) is 44.8 Å². The number of guanidine groups is 1. The number of hydrogen-bond donors (Lipinski definition) is 2. The van der Waals surface area contributed by atoms with E-state index in [0.29, 0.717) is 5.92 Å². The molecule has 0 bridgehead atoms. The predicted molar refractivity (Wildman–Crippen MR) is 130 cm³/mol. The van der Waals surface area contributed by atoms with Crippen LogP contribution >= 0.6 is 35.3 Å². The zero-order chi connectivity index (χ0) is 18.9. The number of para-hydroxylation sites is 1. The minimum atomic E-state index is 0. The summed E-state index contributed by atoms with van der Waals surface area (Å²) < 4.78 is 5.48. The molecule has 1 atom stereocenters. The number of benzene rings is 1. The van der Waals surface area contributed by atoms with E-state index in [9.17, 15) is 0 Å². The van der Waals surface area contributed by atoms with E-state index in [4.69, 9.17) is 4.74 Å². The van der Waals surface area contributed by atoms with Crippen molar-refractivity contribution in [1.82, 2.24) is 10.6 Å². The van der Waals surface area contributed by atoms with E-state index in [-0.39, 0.29) is 24.0 Å². The molecule has 1 aliphatic rings. The summed E-state index contributed by atoms with van der Waals surface area (Å²) in [6.07, 6.45) is 1.10. The van der Waals surface area contributed by atoms with Gasteiger partial charge in [-0.3, -0.25) is 4.99 Å². The quantitative estimate of drug-likeness (QED) is 0.336. The van der Waals surface area contributed by atoms with E-state index < -0.39 is 0 Å². The van der Waals surface area contributed by atoms with Gasteiger partial charge >= 0.3 is 0 Å². The molecule has 2 N–H and O–H groups in total. The maximum Gasteiger partial charge on any atom is 0.191 e. The molecular weight excluding hydrogens is 483 g/mol. The largest absolute Gasteiger partial charge is 0.378 e. The molecule has 28 heavy (non-hydrogen) atoms. The number of morpholine rings is 1. The highest BCUT2D eigenvalue weighted by Gasteiger charge is 2.14. The molecular formula is C21H31IN4OS. The zero-order valence-corrected chi connectivity index (χ0v) is 19.8. The first-order chi connectivity index (χ1) is 13.3. The Kier molecular flexibility index (Phi) is 10.1. The van der Waals surface area contributed by atoms with E-state index in [1.165, 1.54) is 16.1 Å². The molecule has 0 spiro atoms. The Labute approximate surface area is 189 Å². The summed E-state index contributed by atoms with van der Waals surface area (Å²) in [6, 6.07) is 12.9. The summed E-state index contributed by atoms with van der Waals surface area (Å²) in [5.74, 6) is 1.41. The molecule has 1 aliphatic heterocycles. The number of hydrogen-bond acceptors (Lipinski definition) is 4. The highest BCUT2D eigenvalue weighted by Crippen LogP contribution is 2.21. The van der Waals surface area contributed by atoms with E-state index in [0.717, 1.165) is 51.8 Å². The smallest absolute Gasteiger partial charge is 0.191 e. The van der Waals surface area contributed by atoms with Crippen LogP contribution in [-0.4, -0.2) is 45.9 Å². The van der Waals surface area contributed by atoms with E-state index in [1.807, 2.05) is 18.4 Å². The Morgan fingerprint density at radius 2 is 1.96 bits per heavy atom. The van der Waals surface area contributed by atoms with Crippen molar-refractivity contribution in [3.8, 4) is 0 Å². The van der Waals surface area contributed by atoms with Gasteiger partial charge < -0.3 is 20.3 Å². The van der Waals surface area contributed by atoms with Gasteiger partial charge in [0, 0.05) is 43.8 Å². The SMILES string of the molecule is CN=C(NCc1ccccc1N1CCOCC1)NCC(C)Cc1cccs1.I. The van der Waals surface area contributed by atoms with Crippen LogP contribution in [0, 0.1) is 5.92 Å². The van der Waals surface area contributed by atoms with Crippen molar-refractivity contribution in [3.05, 3.63) is 52.2 Å². The Morgan fingerprint density at radius 3 is 2.68 bits per heavy atom. The van der Waals surface area contributed by atoms with E-state index in [1.54, 1.807) is 0 Å². The molecule has 0 radical (unpaired) electrons. The summed E-state index contributed by atoms with van der Waals surface area (Å²) in [6.45, 7) is 7.43. The number of halogens is 1.